The fourth-order valence-corrected chi connectivity index (χ4v) is 1.05. The number of halogens is 3. The van der Waals surface area contributed by atoms with E-state index in [1.807, 2.05) is 13.0 Å². The van der Waals surface area contributed by atoms with Crippen LogP contribution >= 0.6 is 0 Å². The highest BCUT2D eigenvalue weighted by atomic mass is 19.4. The minimum atomic E-state index is -4.29. The average Bonchev–Trinajstić information content (AvgIpc) is 2.14. The van der Waals surface area contributed by atoms with Crippen LogP contribution in [0.2, 0.25) is 0 Å². The Kier molecular flexibility index (Phi) is 3.55. The smallest absolute Gasteiger partial charge is 0.422 e. The van der Waals surface area contributed by atoms with Gasteiger partial charge in [0.25, 0.3) is 0 Å². The molecular formula is C9H12F3NO. The number of hydrogen-bond acceptors (Lipinski definition) is 2. The number of aliphatic imine (C=N–C) groups is 1. The van der Waals surface area contributed by atoms with E-state index in [4.69, 9.17) is 0 Å². The first kappa shape index (κ1) is 11.1. The van der Waals surface area contributed by atoms with Gasteiger partial charge in [0, 0.05) is 6.54 Å². The first-order chi connectivity index (χ1) is 6.51. The summed E-state index contributed by atoms with van der Waals surface area (Å²) in [5.74, 6) is 0.403. The summed E-state index contributed by atoms with van der Waals surface area (Å²) in [6.45, 7) is 1.25. The van der Waals surface area contributed by atoms with Gasteiger partial charge in [-0.3, -0.25) is 4.99 Å². The zero-order chi connectivity index (χ0) is 10.6. The van der Waals surface area contributed by atoms with Gasteiger partial charge in [0.05, 0.1) is 0 Å². The van der Waals surface area contributed by atoms with Crippen molar-refractivity contribution in [2.75, 3.05) is 13.2 Å². The van der Waals surface area contributed by atoms with Gasteiger partial charge in [0.1, 0.15) is 0 Å². The SMILES string of the molecule is CCC1C=CC(OCC(F)(F)F)=NC1. The maximum atomic E-state index is 11.7. The van der Waals surface area contributed by atoms with E-state index in [0.717, 1.165) is 6.42 Å². The Morgan fingerprint density at radius 1 is 1.57 bits per heavy atom. The fourth-order valence-electron chi connectivity index (χ4n) is 1.05. The molecule has 1 atom stereocenters. The normalized spacial score (nSPS) is 22.0. The molecule has 80 valence electrons. The predicted molar refractivity (Wildman–Crippen MR) is 47.2 cm³/mol. The minimum Gasteiger partial charge on any atom is -0.468 e. The van der Waals surface area contributed by atoms with Crippen molar-refractivity contribution in [1.29, 1.82) is 0 Å². The third-order valence-corrected chi connectivity index (χ3v) is 1.90. The van der Waals surface area contributed by atoms with Crippen molar-refractivity contribution in [3.63, 3.8) is 0 Å². The second-order valence-electron chi connectivity index (χ2n) is 3.11. The van der Waals surface area contributed by atoms with Crippen LogP contribution in [-0.2, 0) is 4.74 Å². The molecule has 0 aromatic heterocycles. The van der Waals surface area contributed by atoms with Gasteiger partial charge in [-0.15, -0.1) is 0 Å². The van der Waals surface area contributed by atoms with Gasteiger partial charge < -0.3 is 4.74 Å². The van der Waals surface area contributed by atoms with Gasteiger partial charge in [-0.25, -0.2) is 0 Å². The van der Waals surface area contributed by atoms with E-state index in [2.05, 4.69) is 9.73 Å². The largest absolute Gasteiger partial charge is 0.468 e. The first-order valence-corrected chi connectivity index (χ1v) is 4.43. The molecule has 14 heavy (non-hydrogen) atoms. The number of alkyl halides is 3. The third kappa shape index (κ3) is 3.81. The maximum absolute atomic E-state index is 11.7. The molecule has 0 aliphatic carbocycles. The van der Waals surface area contributed by atoms with E-state index in [1.165, 1.54) is 6.08 Å². The molecule has 0 radical (unpaired) electrons. The summed E-state index contributed by atoms with van der Waals surface area (Å²) in [5.41, 5.74) is 0. The molecule has 0 fully saturated rings. The second-order valence-corrected chi connectivity index (χ2v) is 3.11. The summed E-state index contributed by atoms with van der Waals surface area (Å²) in [6.07, 6.45) is -0.0212. The predicted octanol–water partition coefficient (Wildman–Crippen LogP) is 2.56. The number of hydrogen-bond donors (Lipinski definition) is 0. The summed E-state index contributed by atoms with van der Waals surface area (Å²) >= 11 is 0. The molecule has 1 aliphatic heterocycles. The standard InChI is InChI=1S/C9H12F3NO/c1-2-7-3-4-8(13-5-7)14-6-9(10,11)12/h3-4,7H,2,5-6H2,1H3. The molecular weight excluding hydrogens is 195 g/mol. The lowest BCUT2D eigenvalue weighted by Crippen LogP contribution is -2.21. The van der Waals surface area contributed by atoms with Crippen molar-refractivity contribution in [3.05, 3.63) is 12.2 Å². The number of ether oxygens (including phenoxy) is 1. The quantitative estimate of drug-likeness (QED) is 0.681. The summed E-state index contributed by atoms with van der Waals surface area (Å²) in [7, 11) is 0. The van der Waals surface area contributed by atoms with Crippen molar-refractivity contribution in [2.45, 2.75) is 19.5 Å². The lowest BCUT2D eigenvalue weighted by atomic mass is 10.1. The molecule has 0 saturated carbocycles. The Morgan fingerprint density at radius 2 is 2.29 bits per heavy atom. The Hall–Kier alpha value is -1.00. The van der Waals surface area contributed by atoms with Crippen LogP contribution < -0.4 is 0 Å². The van der Waals surface area contributed by atoms with Crippen LogP contribution in [-0.4, -0.2) is 25.2 Å². The average molecular weight is 207 g/mol. The Morgan fingerprint density at radius 3 is 2.71 bits per heavy atom. The Labute approximate surface area is 80.5 Å². The van der Waals surface area contributed by atoms with Gasteiger partial charge in [-0.1, -0.05) is 13.0 Å². The highest BCUT2D eigenvalue weighted by Gasteiger charge is 2.29. The van der Waals surface area contributed by atoms with Crippen LogP contribution in [0.25, 0.3) is 0 Å². The minimum absolute atomic E-state index is 0.0759. The van der Waals surface area contributed by atoms with Crippen LogP contribution in [0.5, 0.6) is 0 Å². The zero-order valence-corrected chi connectivity index (χ0v) is 7.84. The van der Waals surface area contributed by atoms with Crippen molar-refractivity contribution in [3.8, 4) is 0 Å². The monoisotopic (exact) mass is 207 g/mol. The topological polar surface area (TPSA) is 21.6 Å². The van der Waals surface area contributed by atoms with E-state index in [0.29, 0.717) is 12.5 Å². The molecule has 1 unspecified atom stereocenters. The Balaban J connectivity index is 2.35. The molecule has 0 aromatic carbocycles. The number of nitrogens with zero attached hydrogens (tertiary/aromatic N) is 1. The third-order valence-electron chi connectivity index (χ3n) is 1.90. The van der Waals surface area contributed by atoms with E-state index < -0.39 is 12.8 Å². The molecule has 0 aromatic rings. The summed E-state index contributed by atoms with van der Waals surface area (Å²) in [4.78, 5) is 3.89. The lowest BCUT2D eigenvalue weighted by molar-refractivity contribution is -0.156. The van der Waals surface area contributed by atoms with Crippen molar-refractivity contribution in [2.24, 2.45) is 10.9 Å². The highest BCUT2D eigenvalue weighted by Crippen LogP contribution is 2.16. The van der Waals surface area contributed by atoms with Gasteiger partial charge in [-0.2, -0.15) is 13.2 Å². The molecule has 1 aliphatic rings. The molecule has 0 spiro atoms. The lowest BCUT2D eigenvalue weighted by Gasteiger charge is -2.14. The second kappa shape index (κ2) is 4.48. The molecule has 0 amide bonds. The van der Waals surface area contributed by atoms with Crippen molar-refractivity contribution >= 4 is 5.90 Å². The molecule has 0 bridgehead atoms. The van der Waals surface area contributed by atoms with E-state index in [9.17, 15) is 13.2 Å². The summed E-state index contributed by atoms with van der Waals surface area (Å²) < 4.78 is 39.7. The molecule has 1 rings (SSSR count). The molecule has 1 heterocycles. The van der Waals surface area contributed by atoms with Crippen LogP contribution in [0.3, 0.4) is 0 Å². The van der Waals surface area contributed by atoms with Gasteiger partial charge in [0.15, 0.2) is 6.61 Å². The molecule has 0 saturated heterocycles. The number of rotatable bonds is 2. The van der Waals surface area contributed by atoms with Gasteiger partial charge in [0.2, 0.25) is 5.90 Å². The van der Waals surface area contributed by atoms with Gasteiger partial charge >= 0.3 is 6.18 Å². The Bertz CT molecular complexity index is 245. The maximum Gasteiger partial charge on any atom is 0.422 e. The van der Waals surface area contributed by atoms with Crippen molar-refractivity contribution < 1.29 is 17.9 Å². The molecule has 0 N–H and O–H groups in total. The van der Waals surface area contributed by atoms with Gasteiger partial charge in [-0.05, 0) is 18.4 Å². The van der Waals surface area contributed by atoms with Crippen LogP contribution in [0.15, 0.2) is 17.1 Å². The fraction of sp³-hybridized carbons (Fsp3) is 0.667. The van der Waals surface area contributed by atoms with Crippen LogP contribution in [0, 0.1) is 5.92 Å². The summed E-state index contributed by atoms with van der Waals surface area (Å²) in [6, 6.07) is 0. The zero-order valence-electron chi connectivity index (χ0n) is 7.84. The van der Waals surface area contributed by atoms with Crippen molar-refractivity contribution in [1.82, 2.24) is 0 Å². The van der Waals surface area contributed by atoms with E-state index in [-0.39, 0.29) is 5.90 Å². The van der Waals surface area contributed by atoms with Crippen LogP contribution in [0.1, 0.15) is 13.3 Å². The first-order valence-electron chi connectivity index (χ1n) is 4.43. The summed E-state index contributed by atoms with van der Waals surface area (Å²) in [5, 5.41) is 0. The highest BCUT2D eigenvalue weighted by molar-refractivity contribution is 5.88. The van der Waals surface area contributed by atoms with Crippen LogP contribution in [0.4, 0.5) is 13.2 Å². The number of dihydropyridines is 1. The van der Waals surface area contributed by atoms with E-state index >= 15 is 0 Å². The molecule has 2 nitrogen and oxygen atoms in total. The molecule has 5 heteroatoms. The van der Waals surface area contributed by atoms with E-state index in [1.54, 1.807) is 0 Å².